The number of nitrogens with one attached hydrogen (secondary N) is 2. The zero-order chi connectivity index (χ0) is 17.8. The first-order chi connectivity index (χ1) is 12.1. The van der Waals surface area contributed by atoms with Crippen LogP contribution < -0.4 is 15.4 Å². The highest BCUT2D eigenvalue weighted by molar-refractivity contribution is 7.80. The molecule has 3 aromatic rings. The number of hydrogen-bond acceptors (Lipinski definition) is 6. The molecule has 8 heteroatoms. The van der Waals surface area contributed by atoms with Crippen LogP contribution in [0, 0.1) is 6.92 Å². The highest BCUT2D eigenvalue weighted by Gasteiger charge is 2.12. The van der Waals surface area contributed by atoms with Gasteiger partial charge in [-0.15, -0.1) is 0 Å². The molecule has 128 valence electrons. The molecular weight excluding hydrogens is 356 g/mol. The Morgan fingerprint density at radius 2 is 1.96 bits per heavy atom. The minimum atomic E-state index is -0.290. The number of amides is 1. The second-order valence-corrected chi connectivity index (χ2v) is 6.19. The van der Waals surface area contributed by atoms with E-state index in [0.717, 1.165) is 39.8 Å². The minimum Gasteiger partial charge on any atom is -0.494 e. The number of hydrogen-bond donors (Lipinski definition) is 2. The Morgan fingerprint density at radius 3 is 2.68 bits per heavy atom. The molecule has 0 fully saturated rings. The van der Waals surface area contributed by atoms with Crippen LogP contribution in [0.1, 0.15) is 22.8 Å². The number of nitrogens with zero attached hydrogens (tertiary/aromatic N) is 2. The van der Waals surface area contributed by atoms with E-state index in [0.29, 0.717) is 12.2 Å². The first-order valence-electron chi connectivity index (χ1n) is 7.65. The second-order valence-electron chi connectivity index (χ2n) is 5.26. The number of ether oxygens (including phenoxy) is 1. The van der Waals surface area contributed by atoms with Gasteiger partial charge in [0.25, 0.3) is 5.91 Å². The van der Waals surface area contributed by atoms with Crippen molar-refractivity contribution in [2.75, 3.05) is 11.9 Å². The maximum atomic E-state index is 12.3. The topological polar surface area (TPSA) is 76.1 Å². The number of anilines is 1. The summed E-state index contributed by atoms with van der Waals surface area (Å²) in [5.41, 5.74) is 3.75. The van der Waals surface area contributed by atoms with E-state index in [-0.39, 0.29) is 11.0 Å². The summed E-state index contributed by atoms with van der Waals surface area (Å²) in [5, 5.41) is 5.94. The Labute approximate surface area is 154 Å². The van der Waals surface area contributed by atoms with Gasteiger partial charge in [0, 0.05) is 5.56 Å². The van der Waals surface area contributed by atoms with Gasteiger partial charge in [-0.1, -0.05) is 6.07 Å². The number of carbonyl (C=O) groups is 1. The first kappa shape index (κ1) is 17.2. The molecule has 2 aromatic carbocycles. The van der Waals surface area contributed by atoms with Gasteiger partial charge in [-0.3, -0.25) is 10.1 Å². The Kier molecular flexibility index (Phi) is 5.20. The summed E-state index contributed by atoms with van der Waals surface area (Å²) < 4.78 is 13.9. The SMILES string of the molecule is CCOc1ccc(C(=O)NC(=S)Nc2c(C)ccc3nsnc23)cc1. The van der Waals surface area contributed by atoms with Crippen LogP contribution >= 0.6 is 23.9 Å². The zero-order valence-corrected chi connectivity index (χ0v) is 15.3. The van der Waals surface area contributed by atoms with Gasteiger partial charge in [0.05, 0.1) is 24.0 Å². The van der Waals surface area contributed by atoms with Crippen LogP contribution in [0.5, 0.6) is 5.75 Å². The lowest BCUT2D eigenvalue weighted by atomic mass is 10.1. The number of rotatable bonds is 4. The number of aryl methyl sites for hydroxylation is 1. The Hall–Kier alpha value is -2.58. The third-order valence-electron chi connectivity index (χ3n) is 3.53. The van der Waals surface area contributed by atoms with Gasteiger partial charge < -0.3 is 10.1 Å². The van der Waals surface area contributed by atoms with Crippen LogP contribution in [-0.2, 0) is 0 Å². The number of carbonyl (C=O) groups excluding carboxylic acids is 1. The number of benzene rings is 2. The van der Waals surface area contributed by atoms with Gasteiger partial charge in [-0.25, -0.2) is 0 Å². The second kappa shape index (κ2) is 7.54. The normalized spacial score (nSPS) is 10.5. The summed E-state index contributed by atoms with van der Waals surface area (Å²) in [6.45, 7) is 4.43. The molecule has 25 heavy (non-hydrogen) atoms. The van der Waals surface area contributed by atoms with Gasteiger partial charge in [0.2, 0.25) is 0 Å². The number of aromatic nitrogens is 2. The van der Waals surface area contributed by atoms with Gasteiger partial charge >= 0.3 is 0 Å². The van der Waals surface area contributed by atoms with E-state index in [2.05, 4.69) is 19.4 Å². The van der Waals surface area contributed by atoms with E-state index < -0.39 is 0 Å². The number of thiocarbonyl (C=S) groups is 1. The number of fused-ring (bicyclic) bond motifs is 1. The molecule has 0 atom stereocenters. The smallest absolute Gasteiger partial charge is 0.257 e. The molecule has 0 saturated carbocycles. The monoisotopic (exact) mass is 372 g/mol. The largest absolute Gasteiger partial charge is 0.494 e. The predicted octanol–water partition coefficient (Wildman–Crippen LogP) is 3.53. The molecule has 0 saturated heterocycles. The average Bonchev–Trinajstić information content (AvgIpc) is 3.07. The van der Waals surface area contributed by atoms with Crippen LogP contribution in [0.2, 0.25) is 0 Å². The molecule has 0 aliphatic carbocycles. The fourth-order valence-electron chi connectivity index (χ4n) is 2.30. The van der Waals surface area contributed by atoms with Crippen LogP contribution in [-0.4, -0.2) is 26.4 Å². The van der Waals surface area contributed by atoms with E-state index in [1.54, 1.807) is 24.3 Å². The summed E-state index contributed by atoms with van der Waals surface area (Å²) in [6.07, 6.45) is 0. The van der Waals surface area contributed by atoms with Crippen molar-refractivity contribution in [3.8, 4) is 5.75 Å². The fraction of sp³-hybridized carbons (Fsp3) is 0.176. The van der Waals surface area contributed by atoms with Gasteiger partial charge in [-0.05, 0) is 62.0 Å². The molecule has 0 aliphatic rings. The molecule has 3 rings (SSSR count). The summed E-state index contributed by atoms with van der Waals surface area (Å²) in [7, 11) is 0. The predicted molar refractivity (Wildman–Crippen MR) is 103 cm³/mol. The first-order valence-corrected chi connectivity index (χ1v) is 8.79. The molecule has 0 bridgehead atoms. The van der Waals surface area contributed by atoms with Gasteiger partial charge in [-0.2, -0.15) is 8.75 Å². The molecular formula is C17H16N4O2S2. The van der Waals surface area contributed by atoms with Crippen molar-refractivity contribution < 1.29 is 9.53 Å². The van der Waals surface area contributed by atoms with Gasteiger partial charge in [0.15, 0.2) is 5.11 Å². The molecule has 1 heterocycles. The Balaban J connectivity index is 1.70. The molecule has 0 radical (unpaired) electrons. The lowest BCUT2D eigenvalue weighted by molar-refractivity contribution is 0.0977. The Morgan fingerprint density at radius 1 is 1.20 bits per heavy atom. The standard InChI is InChI=1S/C17H16N4O2S2/c1-3-23-12-7-5-11(6-8-12)16(22)19-17(24)18-14-10(2)4-9-13-15(14)21-25-20-13/h4-9H,3H2,1-2H3,(H2,18,19,22,24). The van der Waals surface area contributed by atoms with Crippen molar-refractivity contribution in [3.63, 3.8) is 0 Å². The van der Waals surface area contributed by atoms with Crippen molar-refractivity contribution in [1.82, 2.24) is 14.1 Å². The van der Waals surface area contributed by atoms with E-state index in [4.69, 9.17) is 17.0 Å². The summed E-state index contributed by atoms with van der Waals surface area (Å²) in [4.78, 5) is 12.3. The van der Waals surface area contributed by atoms with E-state index >= 15 is 0 Å². The van der Waals surface area contributed by atoms with Crippen LogP contribution in [0.3, 0.4) is 0 Å². The third kappa shape index (κ3) is 3.92. The molecule has 0 aliphatic heterocycles. The van der Waals surface area contributed by atoms with Crippen LogP contribution in [0.15, 0.2) is 36.4 Å². The fourth-order valence-corrected chi connectivity index (χ4v) is 3.04. The maximum Gasteiger partial charge on any atom is 0.257 e. The molecule has 2 N–H and O–H groups in total. The van der Waals surface area contributed by atoms with Crippen molar-refractivity contribution in [2.24, 2.45) is 0 Å². The summed E-state index contributed by atoms with van der Waals surface area (Å²) in [6, 6.07) is 10.7. The maximum absolute atomic E-state index is 12.3. The van der Waals surface area contributed by atoms with E-state index in [1.165, 1.54) is 0 Å². The molecule has 1 aromatic heterocycles. The lowest BCUT2D eigenvalue weighted by Gasteiger charge is -2.12. The molecule has 1 amide bonds. The van der Waals surface area contributed by atoms with Crippen molar-refractivity contribution >= 4 is 51.7 Å². The molecule has 0 spiro atoms. The average molecular weight is 372 g/mol. The zero-order valence-electron chi connectivity index (χ0n) is 13.7. The summed E-state index contributed by atoms with van der Waals surface area (Å²) >= 11 is 6.40. The van der Waals surface area contributed by atoms with Crippen molar-refractivity contribution in [3.05, 3.63) is 47.5 Å². The van der Waals surface area contributed by atoms with Crippen LogP contribution in [0.25, 0.3) is 11.0 Å². The van der Waals surface area contributed by atoms with Crippen molar-refractivity contribution in [2.45, 2.75) is 13.8 Å². The highest BCUT2D eigenvalue weighted by Crippen LogP contribution is 2.25. The third-order valence-corrected chi connectivity index (χ3v) is 4.28. The molecule has 0 unspecified atom stereocenters. The van der Waals surface area contributed by atoms with E-state index in [1.807, 2.05) is 26.0 Å². The molecule has 6 nitrogen and oxygen atoms in total. The summed E-state index contributed by atoms with van der Waals surface area (Å²) in [5.74, 6) is 0.430. The van der Waals surface area contributed by atoms with Gasteiger partial charge in [0.1, 0.15) is 16.8 Å². The Bertz CT molecular complexity index is 922. The lowest BCUT2D eigenvalue weighted by Crippen LogP contribution is -2.34. The minimum absolute atomic E-state index is 0.211. The quantitative estimate of drug-likeness (QED) is 0.683. The highest BCUT2D eigenvalue weighted by atomic mass is 32.1. The van der Waals surface area contributed by atoms with Crippen LogP contribution in [0.4, 0.5) is 5.69 Å². The van der Waals surface area contributed by atoms with Crippen molar-refractivity contribution in [1.29, 1.82) is 0 Å². The van der Waals surface area contributed by atoms with E-state index in [9.17, 15) is 4.79 Å².